The Bertz CT molecular complexity index is 503. The number of nitrogens with zero attached hydrogens (tertiary/aromatic N) is 3. The van der Waals surface area contributed by atoms with Crippen LogP contribution >= 0.6 is 0 Å². The lowest BCUT2D eigenvalue weighted by Gasteiger charge is -2.46. The fourth-order valence-corrected chi connectivity index (χ4v) is 2.95. The highest BCUT2D eigenvalue weighted by Gasteiger charge is 2.57. The molecule has 0 saturated carbocycles. The zero-order valence-corrected chi connectivity index (χ0v) is 9.66. The van der Waals surface area contributed by atoms with Gasteiger partial charge in [0.05, 0.1) is 5.54 Å². The van der Waals surface area contributed by atoms with E-state index in [1.54, 1.807) is 19.2 Å². The van der Waals surface area contributed by atoms with Crippen LogP contribution in [-0.2, 0) is 15.6 Å². The molecule has 0 amide bonds. The summed E-state index contributed by atoms with van der Waals surface area (Å²) in [4.78, 5) is 0. The maximum Gasteiger partial charge on any atom is 0.511 e. The summed E-state index contributed by atoms with van der Waals surface area (Å²) in [6, 6.07) is 1.63. The number of hydrogen-bond acceptors (Lipinski definition) is 3. The molecule has 5 nitrogen and oxygen atoms in total. The fraction of sp³-hybridized carbons (Fsp3) is 0.625. The van der Waals surface area contributed by atoms with Crippen LogP contribution in [0.25, 0.3) is 0 Å². The van der Waals surface area contributed by atoms with E-state index in [1.165, 1.54) is 10.9 Å². The van der Waals surface area contributed by atoms with Gasteiger partial charge in [-0.05, 0) is 13.0 Å². The second-order valence-corrected chi connectivity index (χ2v) is 6.10. The van der Waals surface area contributed by atoms with Crippen molar-refractivity contribution in [2.75, 3.05) is 13.1 Å². The minimum Gasteiger partial charge on any atom is -0.264 e. The number of sulfonamides is 1. The summed E-state index contributed by atoms with van der Waals surface area (Å²) >= 11 is 0. The van der Waals surface area contributed by atoms with Crippen LogP contribution in [0.5, 0.6) is 0 Å². The summed E-state index contributed by atoms with van der Waals surface area (Å²) in [5.74, 6) is 0. The quantitative estimate of drug-likeness (QED) is 0.796. The highest BCUT2D eigenvalue weighted by Crippen LogP contribution is 2.36. The third-order valence-electron chi connectivity index (χ3n) is 2.72. The largest absolute Gasteiger partial charge is 0.511 e. The third kappa shape index (κ3) is 1.82. The summed E-state index contributed by atoms with van der Waals surface area (Å²) in [7, 11) is -5.21. The van der Waals surface area contributed by atoms with Crippen LogP contribution < -0.4 is 0 Å². The molecule has 0 unspecified atom stereocenters. The van der Waals surface area contributed by atoms with Gasteiger partial charge in [0.25, 0.3) is 0 Å². The summed E-state index contributed by atoms with van der Waals surface area (Å²) in [5, 5.41) is 3.90. The van der Waals surface area contributed by atoms with Crippen LogP contribution in [0.1, 0.15) is 6.92 Å². The molecular formula is C8H10F3N3O2S. The minimum absolute atomic E-state index is 0.226. The van der Waals surface area contributed by atoms with Gasteiger partial charge in [-0.15, -0.1) is 0 Å². The molecule has 0 radical (unpaired) electrons. The molecule has 0 spiro atoms. The van der Waals surface area contributed by atoms with Crippen LogP contribution in [0.4, 0.5) is 13.2 Å². The van der Waals surface area contributed by atoms with E-state index >= 15 is 0 Å². The SMILES string of the molecule is CC1(n2cccn2)CN(S(=O)(=O)C(F)(F)F)C1. The first-order valence-electron chi connectivity index (χ1n) is 4.73. The molecule has 2 rings (SSSR count). The summed E-state index contributed by atoms with van der Waals surface area (Å²) < 4.78 is 60.7. The van der Waals surface area contributed by atoms with Gasteiger partial charge in [0.2, 0.25) is 0 Å². The molecule has 17 heavy (non-hydrogen) atoms. The normalized spacial score (nSPS) is 21.2. The Morgan fingerprint density at radius 1 is 1.35 bits per heavy atom. The molecule has 0 aromatic carbocycles. The zero-order valence-electron chi connectivity index (χ0n) is 8.85. The first-order valence-corrected chi connectivity index (χ1v) is 6.17. The molecular weight excluding hydrogens is 259 g/mol. The molecule has 1 aliphatic heterocycles. The Morgan fingerprint density at radius 2 is 1.94 bits per heavy atom. The molecule has 0 N–H and O–H groups in total. The monoisotopic (exact) mass is 269 g/mol. The van der Waals surface area contributed by atoms with Crippen molar-refractivity contribution >= 4 is 10.0 Å². The third-order valence-corrected chi connectivity index (χ3v) is 4.25. The molecule has 2 heterocycles. The van der Waals surface area contributed by atoms with Gasteiger partial charge in [0.15, 0.2) is 0 Å². The van der Waals surface area contributed by atoms with Crippen LogP contribution in [0.15, 0.2) is 18.5 Å². The number of alkyl halides is 3. The summed E-state index contributed by atoms with van der Waals surface area (Å²) in [6.07, 6.45) is 3.09. The smallest absolute Gasteiger partial charge is 0.264 e. The van der Waals surface area contributed by atoms with Crippen LogP contribution in [0, 0.1) is 0 Å². The van der Waals surface area contributed by atoms with Crippen molar-refractivity contribution in [2.45, 2.75) is 18.0 Å². The number of halogens is 3. The summed E-state index contributed by atoms with van der Waals surface area (Å²) in [6.45, 7) is 1.20. The van der Waals surface area contributed by atoms with Gasteiger partial charge in [-0.2, -0.15) is 22.6 Å². The first-order chi connectivity index (χ1) is 7.67. The molecule has 9 heteroatoms. The minimum atomic E-state index is -5.24. The molecule has 1 saturated heterocycles. The molecule has 0 aliphatic carbocycles. The Morgan fingerprint density at radius 3 is 2.35 bits per heavy atom. The molecule has 0 bridgehead atoms. The zero-order chi connectivity index (χ0) is 12.9. The van der Waals surface area contributed by atoms with E-state index in [9.17, 15) is 21.6 Å². The van der Waals surface area contributed by atoms with E-state index < -0.39 is 21.1 Å². The van der Waals surface area contributed by atoms with Gasteiger partial charge in [0, 0.05) is 25.5 Å². The van der Waals surface area contributed by atoms with E-state index in [1.807, 2.05) is 0 Å². The highest BCUT2D eigenvalue weighted by molar-refractivity contribution is 7.90. The maximum atomic E-state index is 12.2. The van der Waals surface area contributed by atoms with Crippen LogP contribution in [-0.4, -0.2) is 41.1 Å². The van der Waals surface area contributed by atoms with Gasteiger partial charge < -0.3 is 0 Å². The molecule has 1 aliphatic rings. The van der Waals surface area contributed by atoms with E-state index in [0.717, 1.165) is 0 Å². The molecule has 1 fully saturated rings. The van der Waals surface area contributed by atoms with Gasteiger partial charge in [0.1, 0.15) is 0 Å². The van der Waals surface area contributed by atoms with Gasteiger partial charge in [-0.3, -0.25) is 4.68 Å². The molecule has 96 valence electrons. The van der Waals surface area contributed by atoms with Crippen LogP contribution in [0.2, 0.25) is 0 Å². The predicted octanol–water partition coefficient (Wildman–Crippen LogP) is 0.763. The Balaban J connectivity index is 2.15. The van der Waals surface area contributed by atoms with E-state index in [0.29, 0.717) is 4.31 Å². The van der Waals surface area contributed by atoms with E-state index in [-0.39, 0.29) is 13.1 Å². The Kier molecular flexibility index (Phi) is 2.51. The first kappa shape index (κ1) is 12.4. The van der Waals surface area contributed by atoms with Crippen molar-refractivity contribution in [1.82, 2.24) is 14.1 Å². The standard InChI is InChI=1S/C8H10F3N3O2S/c1-7(14-4-2-3-12-14)5-13(6-7)17(15,16)8(9,10)11/h2-4H,5-6H2,1H3. The van der Waals surface area contributed by atoms with Crippen molar-refractivity contribution in [3.63, 3.8) is 0 Å². The lowest BCUT2D eigenvalue weighted by Crippen LogP contribution is -2.64. The highest BCUT2D eigenvalue weighted by atomic mass is 32.2. The molecule has 0 atom stereocenters. The summed E-state index contributed by atoms with van der Waals surface area (Å²) in [5.41, 5.74) is -5.94. The fourth-order valence-electron chi connectivity index (χ4n) is 1.76. The average Bonchev–Trinajstić information content (AvgIpc) is 2.63. The van der Waals surface area contributed by atoms with Crippen molar-refractivity contribution in [1.29, 1.82) is 0 Å². The molecule has 1 aromatic rings. The number of aromatic nitrogens is 2. The van der Waals surface area contributed by atoms with Crippen molar-refractivity contribution in [2.24, 2.45) is 0 Å². The van der Waals surface area contributed by atoms with Crippen molar-refractivity contribution in [3.05, 3.63) is 18.5 Å². The van der Waals surface area contributed by atoms with E-state index in [4.69, 9.17) is 0 Å². The van der Waals surface area contributed by atoms with Gasteiger partial charge in [-0.25, -0.2) is 8.42 Å². The average molecular weight is 269 g/mol. The Hall–Kier alpha value is -1.09. The topological polar surface area (TPSA) is 55.2 Å². The van der Waals surface area contributed by atoms with E-state index in [2.05, 4.69) is 5.10 Å². The van der Waals surface area contributed by atoms with Crippen LogP contribution in [0.3, 0.4) is 0 Å². The second kappa shape index (κ2) is 3.45. The Labute approximate surface area is 95.9 Å². The van der Waals surface area contributed by atoms with Gasteiger partial charge >= 0.3 is 15.5 Å². The number of rotatable bonds is 2. The lowest BCUT2D eigenvalue weighted by molar-refractivity contribution is -0.0557. The lowest BCUT2D eigenvalue weighted by atomic mass is 9.96. The van der Waals surface area contributed by atoms with Gasteiger partial charge in [-0.1, -0.05) is 0 Å². The molecule has 1 aromatic heterocycles. The second-order valence-electron chi connectivity index (χ2n) is 4.17. The predicted molar refractivity (Wildman–Crippen MR) is 52.4 cm³/mol. The van der Waals surface area contributed by atoms with Crippen molar-refractivity contribution in [3.8, 4) is 0 Å². The van der Waals surface area contributed by atoms with Crippen molar-refractivity contribution < 1.29 is 21.6 Å². The number of hydrogen-bond donors (Lipinski definition) is 0. The maximum absolute atomic E-state index is 12.2.